The first-order chi connectivity index (χ1) is 14.8. The molecular weight excluding hydrogens is 388 g/mol. The fraction of sp³-hybridized carbons (Fsp3) is 0.120. The van der Waals surface area contributed by atoms with Crippen molar-refractivity contribution in [3.05, 3.63) is 120 Å². The van der Waals surface area contributed by atoms with E-state index in [1.807, 2.05) is 30.5 Å². The van der Waals surface area contributed by atoms with Crippen LogP contribution in [0, 0.1) is 0 Å². The molecule has 1 N–H and O–H groups in total. The van der Waals surface area contributed by atoms with Gasteiger partial charge in [0.15, 0.2) is 5.11 Å². The first kappa shape index (κ1) is 18.6. The summed E-state index contributed by atoms with van der Waals surface area (Å²) in [5.41, 5.74) is 4.57. The predicted octanol–water partition coefficient (Wildman–Crippen LogP) is 5.05. The number of nitrogens with one attached hydrogen (secondary N) is 1. The summed E-state index contributed by atoms with van der Waals surface area (Å²) in [7, 11) is 0. The number of hydrogen-bond acceptors (Lipinski definition) is 2. The first-order valence-electron chi connectivity index (χ1n) is 10.0. The van der Waals surface area contributed by atoms with Crippen molar-refractivity contribution in [3.8, 4) is 5.69 Å². The van der Waals surface area contributed by atoms with E-state index in [9.17, 15) is 0 Å². The van der Waals surface area contributed by atoms with E-state index in [1.54, 1.807) is 0 Å². The van der Waals surface area contributed by atoms with Crippen LogP contribution in [0.4, 0.5) is 0 Å². The molecule has 0 aliphatic carbocycles. The molecule has 1 saturated heterocycles. The molecule has 148 valence electrons. The fourth-order valence-electron chi connectivity index (χ4n) is 4.07. The van der Waals surface area contributed by atoms with Crippen LogP contribution in [-0.2, 0) is 6.54 Å². The number of para-hydroxylation sites is 1. The fourth-order valence-corrected chi connectivity index (χ4v) is 4.37. The van der Waals surface area contributed by atoms with Gasteiger partial charge in [-0.3, -0.25) is 4.98 Å². The van der Waals surface area contributed by atoms with Crippen LogP contribution in [0.1, 0.15) is 28.9 Å². The van der Waals surface area contributed by atoms with Crippen molar-refractivity contribution in [2.24, 2.45) is 0 Å². The van der Waals surface area contributed by atoms with E-state index in [4.69, 9.17) is 12.2 Å². The van der Waals surface area contributed by atoms with Gasteiger partial charge in [-0.05, 0) is 53.7 Å². The molecule has 2 aromatic heterocycles. The molecule has 0 bridgehead atoms. The molecule has 5 rings (SSSR count). The molecule has 4 nitrogen and oxygen atoms in total. The van der Waals surface area contributed by atoms with Gasteiger partial charge in [0.05, 0.1) is 17.8 Å². The zero-order valence-electron chi connectivity index (χ0n) is 16.4. The maximum atomic E-state index is 5.77. The van der Waals surface area contributed by atoms with Crippen LogP contribution < -0.4 is 5.32 Å². The Bertz CT molecular complexity index is 1130. The molecule has 1 aliphatic rings. The molecular formula is C25H22N4S. The van der Waals surface area contributed by atoms with Gasteiger partial charge >= 0.3 is 0 Å². The standard InChI is InChI=1S/C25H22N4S/c30-25-27-23(22-13-7-8-15-26-22)24(29(25)17-19-9-3-1-4-10-19)20-14-16-28(18-20)21-11-5-2-6-12-21/h1-16,18,23-24H,17H2,(H,27,30)/t23-,24+/m0/s1. The minimum Gasteiger partial charge on any atom is -0.352 e. The van der Waals surface area contributed by atoms with Crippen molar-refractivity contribution in [1.29, 1.82) is 0 Å². The van der Waals surface area contributed by atoms with Crippen LogP contribution in [0.5, 0.6) is 0 Å². The van der Waals surface area contributed by atoms with Crippen molar-refractivity contribution in [3.63, 3.8) is 0 Å². The highest BCUT2D eigenvalue weighted by molar-refractivity contribution is 7.80. The molecule has 30 heavy (non-hydrogen) atoms. The quantitative estimate of drug-likeness (QED) is 0.467. The Labute approximate surface area is 181 Å². The van der Waals surface area contributed by atoms with Crippen LogP contribution in [-0.4, -0.2) is 19.6 Å². The Balaban J connectivity index is 1.54. The largest absolute Gasteiger partial charge is 0.352 e. The summed E-state index contributed by atoms with van der Waals surface area (Å²) in [6.45, 7) is 0.747. The van der Waals surface area contributed by atoms with Crippen molar-refractivity contribution in [2.45, 2.75) is 18.6 Å². The highest BCUT2D eigenvalue weighted by Gasteiger charge is 2.40. The number of benzene rings is 2. The molecule has 5 heteroatoms. The van der Waals surface area contributed by atoms with Gasteiger partial charge in [-0.1, -0.05) is 54.6 Å². The van der Waals surface area contributed by atoms with Gasteiger partial charge in [0.1, 0.15) is 0 Å². The second kappa shape index (κ2) is 8.13. The zero-order chi connectivity index (χ0) is 20.3. The van der Waals surface area contributed by atoms with Crippen LogP contribution in [0.2, 0.25) is 0 Å². The maximum Gasteiger partial charge on any atom is 0.170 e. The molecule has 3 heterocycles. The highest BCUT2D eigenvalue weighted by atomic mass is 32.1. The van der Waals surface area contributed by atoms with E-state index in [2.05, 4.69) is 92.8 Å². The van der Waals surface area contributed by atoms with Crippen LogP contribution >= 0.6 is 12.2 Å². The molecule has 2 atom stereocenters. The molecule has 2 aromatic carbocycles. The highest BCUT2D eigenvalue weighted by Crippen LogP contribution is 2.39. The Morgan fingerprint density at radius 2 is 1.60 bits per heavy atom. The molecule has 0 amide bonds. The third-order valence-electron chi connectivity index (χ3n) is 5.51. The number of nitrogens with zero attached hydrogens (tertiary/aromatic N) is 3. The van der Waals surface area contributed by atoms with E-state index in [0.29, 0.717) is 0 Å². The molecule has 1 aliphatic heterocycles. The van der Waals surface area contributed by atoms with E-state index in [0.717, 1.165) is 23.0 Å². The first-order valence-corrected chi connectivity index (χ1v) is 10.5. The van der Waals surface area contributed by atoms with Gasteiger partial charge in [-0.2, -0.15) is 0 Å². The summed E-state index contributed by atoms with van der Waals surface area (Å²) < 4.78 is 2.16. The number of pyridine rings is 1. The van der Waals surface area contributed by atoms with Crippen molar-refractivity contribution < 1.29 is 0 Å². The van der Waals surface area contributed by atoms with E-state index in [-0.39, 0.29) is 12.1 Å². The average Bonchev–Trinajstić information content (AvgIpc) is 3.41. The number of rotatable bonds is 5. The molecule has 1 fully saturated rings. The monoisotopic (exact) mass is 410 g/mol. The van der Waals surface area contributed by atoms with E-state index in [1.165, 1.54) is 11.1 Å². The SMILES string of the molecule is S=C1N[C@@H](c2ccccn2)[C@@H](c2ccn(-c3ccccc3)c2)N1Cc1ccccc1. The summed E-state index contributed by atoms with van der Waals surface area (Å²) in [6, 6.07) is 29.1. The summed E-state index contributed by atoms with van der Waals surface area (Å²) in [5.74, 6) is 0. The summed E-state index contributed by atoms with van der Waals surface area (Å²) in [5, 5.41) is 4.28. The summed E-state index contributed by atoms with van der Waals surface area (Å²) in [4.78, 5) is 6.89. The number of hydrogen-bond donors (Lipinski definition) is 1. The van der Waals surface area contributed by atoms with Gasteiger partial charge in [0, 0.05) is 30.8 Å². The van der Waals surface area contributed by atoms with Gasteiger partial charge < -0.3 is 14.8 Å². The predicted molar refractivity (Wildman–Crippen MR) is 123 cm³/mol. The number of thiocarbonyl (C=S) groups is 1. The van der Waals surface area contributed by atoms with Crippen molar-refractivity contribution in [1.82, 2.24) is 19.8 Å². The molecule has 0 spiro atoms. The topological polar surface area (TPSA) is 33.1 Å². The van der Waals surface area contributed by atoms with Gasteiger partial charge in [-0.25, -0.2) is 0 Å². The second-order valence-electron chi connectivity index (χ2n) is 7.43. The number of aromatic nitrogens is 2. The lowest BCUT2D eigenvalue weighted by Gasteiger charge is -2.27. The smallest absolute Gasteiger partial charge is 0.170 e. The van der Waals surface area contributed by atoms with Crippen LogP contribution in [0.15, 0.2) is 104 Å². The zero-order valence-corrected chi connectivity index (χ0v) is 17.2. The van der Waals surface area contributed by atoms with E-state index >= 15 is 0 Å². The van der Waals surface area contributed by atoms with Gasteiger partial charge in [-0.15, -0.1) is 0 Å². The maximum absolute atomic E-state index is 5.77. The minimum absolute atomic E-state index is 0.00552. The summed E-state index contributed by atoms with van der Waals surface area (Å²) in [6.07, 6.45) is 6.15. The molecule has 0 unspecified atom stereocenters. The summed E-state index contributed by atoms with van der Waals surface area (Å²) >= 11 is 5.77. The Morgan fingerprint density at radius 3 is 2.33 bits per heavy atom. The minimum atomic E-state index is -0.00552. The van der Waals surface area contributed by atoms with Gasteiger partial charge in [0.25, 0.3) is 0 Å². The van der Waals surface area contributed by atoms with Crippen LogP contribution in [0.25, 0.3) is 5.69 Å². The second-order valence-corrected chi connectivity index (χ2v) is 7.81. The third kappa shape index (κ3) is 3.60. The average molecular weight is 411 g/mol. The Hall–Kier alpha value is -3.44. The van der Waals surface area contributed by atoms with Crippen molar-refractivity contribution >= 4 is 17.3 Å². The molecule has 0 radical (unpaired) electrons. The van der Waals surface area contributed by atoms with Crippen molar-refractivity contribution in [2.75, 3.05) is 0 Å². The lowest BCUT2D eigenvalue weighted by atomic mass is 9.98. The molecule has 0 saturated carbocycles. The molecule has 4 aromatic rings. The van der Waals surface area contributed by atoms with Crippen LogP contribution in [0.3, 0.4) is 0 Å². The Kier molecular flexibility index (Phi) is 5.03. The van der Waals surface area contributed by atoms with E-state index < -0.39 is 0 Å². The lowest BCUT2D eigenvalue weighted by molar-refractivity contribution is 0.311. The Morgan fingerprint density at radius 1 is 0.867 bits per heavy atom. The third-order valence-corrected chi connectivity index (χ3v) is 5.86. The lowest BCUT2D eigenvalue weighted by Crippen LogP contribution is -2.29. The normalized spacial score (nSPS) is 18.4. The van der Waals surface area contributed by atoms with Gasteiger partial charge in [0.2, 0.25) is 0 Å².